The maximum Gasteiger partial charge on any atom is 0.311 e. The number of nitro groups is 1. The summed E-state index contributed by atoms with van der Waals surface area (Å²) in [5, 5.41) is 11.2. The SMILES string of the molecule is CCN(CC)C(=O)[C@H](Oc1cc(F)ccc1[N+](=O)[O-])c1ccccc1. The van der Waals surface area contributed by atoms with Crippen LogP contribution in [0.1, 0.15) is 25.5 Å². The first kappa shape index (κ1) is 18.4. The van der Waals surface area contributed by atoms with Crippen LogP contribution < -0.4 is 4.74 Å². The lowest BCUT2D eigenvalue weighted by molar-refractivity contribution is -0.386. The minimum Gasteiger partial charge on any atom is -0.468 e. The Hall–Kier alpha value is -2.96. The van der Waals surface area contributed by atoms with Gasteiger partial charge in [-0.1, -0.05) is 30.3 Å². The Morgan fingerprint density at radius 3 is 2.40 bits per heavy atom. The van der Waals surface area contributed by atoms with Crippen molar-refractivity contribution in [1.82, 2.24) is 4.90 Å². The lowest BCUT2D eigenvalue weighted by atomic mass is 10.1. The first-order valence-corrected chi connectivity index (χ1v) is 7.92. The molecule has 0 saturated carbocycles. The third-order valence-corrected chi connectivity index (χ3v) is 3.77. The molecule has 0 aromatic heterocycles. The van der Waals surface area contributed by atoms with Crippen molar-refractivity contribution in [2.45, 2.75) is 20.0 Å². The number of nitrogens with zero attached hydrogens (tertiary/aromatic N) is 2. The van der Waals surface area contributed by atoms with Gasteiger partial charge in [0.1, 0.15) is 5.82 Å². The van der Waals surface area contributed by atoms with Crippen LogP contribution in [0, 0.1) is 15.9 Å². The minimum atomic E-state index is -1.10. The van der Waals surface area contributed by atoms with Gasteiger partial charge in [0.2, 0.25) is 11.9 Å². The fourth-order valence-corrected chi connectivity index (χ4v) is 2.45. The average molecular weight is 346 g/mol. The van der Waals surface area contributed by atoms with Gasteiger partial charge in [-0.15, -0.1) is 0 Å². The summed E-state index contributed by atoms with van der Waals surface area (Å²) in [5.74, 6) is -1.29. The summed E-state index contributed by atoms with van der Waals surface area (Å²) in [6, 6.07) is 11.6. The number of nitro benzene ring substituents is 1. The molecule has 0 saturated heterocycles. The van der Waals surface area contributed by atoms with E-state index in [0.29, 0.717) is 18.7 Å². The van der Waals surface area contributed by atoms with E-state index in [0.717, 1.165) is 18.2 Å². The Bertz CT molecular complexity index is 748. The summed E-state index contributed by atoms with van der Waals surface area (Å²) in [6.07, 6.45) is -1.10. The second-order valence-corrected chi connectivity index (χ2v) is 5.29. The lowest BCUT2D eigenvalue weighted by Crippen LogP contribution is -2.37. The van der Waals surface area contributed by atoms with Crippen LogP contribution in [0.25, 0.3) is 0 Å². The van der Waals surface area contributed by atoms with Gasteiger partial charge in [-0.3, -0.25) is 14.9 Å². The van der Waals surface area contributed by atoms with E-state index in [-0.39, 0.29) is 11.7 Å². The van der Waals surface area contributed by atoms with Crippen LogP contribution in [-0.4, -0.2) is 28.8 Å². The van der Waals surface area contributed by atoms with E-state index in [1.54, 1.807) is 35.2 Å². The molecule has 2 aromatic carbocycles. The summed E-state index contributed by atoms with van der Waals surface area (Å²) < 4.78 is 19.2. The maximum absolute atomic E-state index is 13.6. The van der Waals surface area contributed by atoms with Crippen molar-refractivity contribution in [2.75, 3.05) is 13.1 Å². The molecular formula is C18H19FN2O4. The van der Waals surface area contributed by atoms with E-state index in [1.807, 2.05) is 13.8 Å². The number of amides is 1. The monoisotopic (exact) mass is 346 g/mol. The van der Waals surface area contributed by atoms with Gasteiger partial charge >= 0.3 is 5.69 Å². The number of carbonyl (C=O) groups is 1. The third-order valence-electron chi connectivity index (χ3n) is 3.77. The van der Waals surface area contributed by atoms with E-state index in [2.05, 4.69) is 0 Å². The molecule has 6 nitrogen and oxygen atoms in total. The van der Waals surface area contributed by atoms with Gasteiger partial charge in [-0.05, 0) is 19.9 Å². The van der Waals surface area contributed by atoms with Gasteiger partial charge in [-0.2, -0.15) is 0 Å². The molecule has 0 aliphatic heterocycles. The quantitative estimate of drug-likeness (QED) is 0.566. The van der Waals surface area contributed by atoms with Crippen molar-refractivity contribution in [3.63, 3.8) is 0 Å². The predicted molar refractivity (Wildman–Crippen MR) is 90.8 cm³/mol. The molecule has 0 aliphatic carbocycles. The summed E-state index contributed by atoms with van der Waals surface area (Å²) in [4.78, 5) is 24.9. The van der Waals surface area contributed by atoms with Crippen molar-refractivity contribution in [3.8, 4) is 5.75 Å². The zero-order chi connectivity index (χ0) is 18.4. The van der Waals surface area contributed by atoms with Crippen LogP contribution in [0.3, 0.4) is 0 Å². The molecule has 2 rings (SSSR count). The molecule has 25 heavy (non-hydrogen) atoms. The van der Waals surface area contributed by atoms with Crippen molar-refractivity contribution in [1.29, 1.82) is 0 Å². The summed E-state index contributed by atoms with van der Waals surface area (Å²) in [7, 11) is 0. The maximum atomic E-state index is 13.6. The van der Waals surface area contributed by atoms with Gasteiger partial charge in [0, 0.05) is 30.8 Å². The predicted octanol–water partition coefficient (Wildman–Crippen LogP) is 3.72. The molecular weight excluding hydrogens is 327 g/mol. The Morgan fingerprint density at radius 1 is 1.20 bits per heavy atom. The molecule has 132 valence electrons. The number of halogens is 1. The Labute approximate surface area is 145 Å². The smallest absolute Gasteiger partial charge is 0.311 e. The zero-order valence-corrected chi connectivity index (χ0v) is 14.0. The first-order chi connectivity index (χ1) is 12.0. The molecule has 0 radical (unpaired) electrons. The van der Waals surface area contributed by atoms with Gasteiger partial charge < -0.3 is 9.64 Å². The molecule has 0 fully saturated rings. The Kier molecular flexibility index (Phi) is 6.05. The molecule has 0 N–H and O–H groups in total. The number of benzene rings is 2. The second kappa shape index (κ2) is 8.23. The normalized spacial score (nSPS) is 11.6. The number of hydrogen-bond donors (Lipinski definition) is 0. The molecule has 0 heterocycles. The van der Waals surface area contributed by atoms with Crippen molar-refractivity contribution >= 4 is 11.6 Å². The molecule has 2 aromatic rings. The number of carbonyl (C=O) groups excluding carboxylic acids is 1. The van der Waals surface area contributed by atoms with Crippen molar-refractivity contribution in [3.05, 3.63) is 70.0 Å². The van der Waals surface area contributed by atoms with Crippen LogP contribution >= 0.6 is 0 Å². The number of likely N-dealkylation sites (N-methyl/N-ethyl adjacent to an activating group) is 1. The second-order valence-electron chi connectivity index (χ2n) is 5.29. The highest BCUT2D eigenvalue weighted by Crippen LogP contribution is 2.32. The molecule has 1 amide bonds. The van der Waals surface area contributed by atoms with Crippen LogP contribution in [-0.2, 0) is 4.79 Å². The van der Waals surface area contributed by atoms with Gasteiger partial charge in [0.05, 0.1) is 4.92 Å². The fourth-order valence-electron chi connectivity index (χ4n) is 2.45. The van der Waals surface area contributed by atoms with Gasteiger partial charge in [-0.25, -0.2) is 4.39 Å². The minimum absolute atomic E-state index is 0.278. The standard InChI is InChI=1S/C18H19FN2O4/c1-3-20(4-2)18(22)17(13-8-6-5-7-9-13)25-16-12-14(19)10-11-15(16)21(23)24/h5-12,17H,3-4H2,1-2H3/t17-/m1/s1. The van der Waals surface area contributed by atoms with Crippen LogP contribution in [0.5, 0.6) is 5.75 Å². The van der Waals surface area contributed by atoms with E-state index in [9.17, 15) is 19.3 Å². The van der Waals surface area contributed by atoms with Crippen molar-refractivity contribution in [2.24, 2.45) is 0 Å². The zero-order valence-electron chi connectivity index (χ0n) is 14.0. The summed E-state index contributed by atoms with van der Waals surface area (Å²) >= 11 is 0. The topological polar surface area (TPSA) is 72.7 Å². The Balaban J connectivity index is 2.46. The van der Waals surface area contributed by atoms with Crippen molar-refractivity contribution < 1.29 is 18.8 Å². The highest BCUT2D eigenvalue weighted by molar-refractivity contribution is 5.82. The van der Waals surface area contributed by atoms with E-state index in [4.69, 9.17) is 4.74 Å². The van der Waals surface area contributed by atoms with Crippen LogP contribution in [0.2, 0.25) is 0 Å². The Morgan fingerprint density at radius 2 is 1.84 bits per heavy atom. The number of hydrogen-bond acceptors (Lipinski definition) is 4. The summed E-state index contributed by atoms with van der Waals surface area (Å²) in [6.45, 7) is 4.59. The highest BCUT2D eigenvalue weighted by atomic mass is 19.1. The van der Waals surface area contributed by atoms with Crippen LogP contribution in [0.4, 0.5) is 10.1 Å². The third kappa shape index (κ3) is 4.32. The molecule has 0 spiro atoms. The molecule has 1 atom stereocenters. The number of rotatable bonds is 7. The molecule has 7 heteroatoms. The first-order valence-electron chi connectivity index (χ1n) is 7.92. The molecule has 0 bridgehead atoms. The van der Waals surface area contributed by atoms with Gasteiger partial charge in [0.25, 0.3) is 5.91 Å². The van der Waals surface area contributed by atoms with Gasteiger partial charge in [0.15, 0.2) is 0 Å². The largest absolute Gasteiger partial charge is 0.468 e. The van der Waals surface area contributed by atoms with E-state index >= 15 is 0 Å². The molecule has 0 aliphatic rings. The van der Waals surface area contributed by atoms with E-state index in [1.165, 1.54) is 0 Å². The van der Waals surface area contributed by atoms with Crippen LogP contribution in [0.15, 0.2) is 48.5 Å². The lowest BCUT2D eigenvalue weighted by Gasteiger charge is -2.26. The highest BCUT2D eigenvalue weighted by Gasteiger charge is 2.29. The summed E-state index contributed by atoms with van der Waals surface area (Å²) in [5.41, 5.74) is 0.146. The fraction of sp³-hybridized carbons (Fsp3) is 0.278. The van der Waals surface area contributed by atoms with E-state index < -0.39 is 22.5 Å². The average Bonchev–Trinajstić information content (AvgIpc) is 2.61. The molecule has 0 unspecified atom stereocenters. The number of ether oxygens (including phenoxy) is 1.